The van der Waals surface area contributed by atoms with Gasteiger partial charge in [-0.1, -0.05) is 63.4 Å². The van der Waals surface area contributed by atoms with Gasteiger partial charge in [-0.15, -0.1) is 0 Å². The summed E-state index contributed by atoms with van der Waals surface area (Å²) in [6.07, 6.45) is 0.727. The summed E-state index contributed by atoms with van der Waals surface area (Å²) in [5.41, 5.74) is 2.45. The molecule has 0 bridgehead atoms. The van der Waals surface area contributed by atoms with Crippen LogP contribution in [0, 0.1) is 0 Å². The number of sulfonamides is 1. The molecule has 0 fully saturated rings. The largest absolute Gasteiger partial charge is 0.308 e. The molecule has 1 atom stereocenters. The summed E-state index contributed by atoms with van der Waals surface area (Å²) < 4.78 is 29.1. The van der Waals surface area contributed by atoms with E-state index in [9.17, 15) is 13.2 Å². The third-order valence-electron chi connectivity index (χ3n) is 5.60. The van der Waals surface area contributed by atoms with Gasteiger partial charge in [0.05, 0.1) is 11.4 Å². The number of carbonyl (C=O) groups is 1. The smallest absolute Gasteiger partial charge is 0.243 e. The second kappa shape index (κ2) is 9.76. The molecule has 3 aromatic rings. The van der Waals surface area contributed by atoms with Crippen LogP contribution in [0.4, 0.5) is 5.69 Å². The summed E-state index contributed by atoms with van der Waals surface area (Å²) in [5, 5.41) is 0.787. The number of carbonyl (C=O) groups excluding carboxylic acids is 1. The van der Waals surface area contributed by atoms with Crippen molar-refractivity contribution in [2.75, 3.05) is 11.4 Å². The fourth-order valence-electron chi connectivity index (χ4n) is 3.99. The highest BCUT2D eigenvalue weighted by molar-refractivity contribution is 9.10. The van der Waals surface area contributed by atoms with E-state index in [-0.39, 0.29) is 29.9 Å². The zero-order chi connectivity index (χ0) is 23.8. The Bertz CT molecular complexity index is 1300. The van der Waals surface area contributed by atoms with Crippen molar-refractivity contribution in [1.29, 1.82) is 0 Å². The van der Waals surface area contributed by atoms with Gasteiger partial charge in [0.2, 0.25) is 15.9 Å². The first-order valence-electron chi connectivity index (χ1n) is 10.3. The first-order chi connectivity index (χ1) is 15.7. The van der Waals surface area contributed by atoms with Crippen molar-refractivity contribution in [2.45, 2.75) is 30.8 Å². The molecule has 0 saturated heterocycles. The predicted octanol–water partition coefficient (Wildman–Crippen LogP) is 5.92. The summed E-state index contributed by atoms with van der Waals surface area (Å²) in [5.74, 6) is -0.293. The van der Waals surface area contributed by atoms with Crippen LogP contribution in [0.2, 0.25) is 10.0 Å². The van der Waals surface area contributed by atoms with E-state index in [1.165, 1.54) is 16.4 Å². The summed E-state index contributed by atoms with van der Waals surface area (Å²) in [7, 11) is -3.99. The molecule has 33 heavy (non-hydrogen) atoms. The van der Waals surface area contributed by atoms with Crippen LogP contribution in [-0.4, -0.2) is 31.2 Å². The lowest BCUT2D eigenvalue weighted by Gasteiger charge is -2.28. The SMILES string of the molecule is C[C@@H]1Cc2ccccc2N1C(=O)CN(Cc1ccc(Cl)cc1Cl)S(=O)(=O)c1ccc(Br)cc1. The summed E-state index contributed by atoms with van der Waals surface area (Å²) in [4.78, 5) is 15.2. The van der Waals surface area contributed by atoms with Crippen LogP contribution in [-0.2, 0) is 27.8 Å². The van der Waals surface area contributed by atoms with E-state index >= 15 is 0 Å². The fourth-order valence-corrected chi connectivity index (χ4v) is 6.09. The zero-order valence-corrected chi connectivity index (χ0v) is 21.6. The first-order valence-corrected chi connectivity index (χ1v) is 13.3. The highest BCUT2D eigenvalue weighted by Gasteiger charge is 2.34. The second-order valence-electron chi connectivity index (χ2n) is 7.91. The normalized spacial score (nSPS) is 15.7. The molecule has 1 aliphatic heterocycles. The Kier molecular flexibility index (Phi) is 7.17. The maximum absolute atomic E-state index is 13.6. The van der Waals surface area contributed by atoms with E-state index in [2.05, 4.69) is 15.9 Å². The third-order valence-corrected chi connectivity index (χ3v) is 8.52. The molecule has 172 valence electrons. The molecule has 9 heteroatoms. The number of benzene rings is 3. The van der Waals surface area contributed by atoms with Crippen molar-refractivity contribution >= 4 is 60.7 Å². The van der Waals surface area contributed by atoms with Crippen LogP contribution in [0.3, 0.4) is 0 Å². The van der Waals surface area contributed by atoms with Crippen LogP contribution < -0.4 is 4.90 Å². The number of rotatable bonds is 6. The number of fused-ring (bicyclic) bond motifs is 1. The molecule has 0 radical (unpaired) electrons. The molecule has 1 aliphatic rings. The van der Waals surface area contributed by atoms with Crippen molar-refractivity contribution in [3.05, 3.63) is 92.4 Å². The Morgan fingerprint density at radius 2 is 1.79 bits per heavy atom. The fraction of sp³-hybridized carbons (Fsp3) is 0.208. The van der Waals surface area contributed by atoms with Gasteiger partial charge in [-0.2, -0.15) is 4.31 Å². The Balaban J connectivity index is 1.69. The monoisotopic (exact) mass is 566 g/mol. The lowest BCUT2D eigenvalue weighted by Crippen LogP contribution is -2.44. The lowest BCUT2D eigenvalue weighted by molar-refractivity contribution is -0.119. The number of halogens is 3. The van der Waals surface area contributed by atoms with Gasteiger partial charge in [-0.3, -0.25) is 4.79 Å². The average molecular weight is 568 g/mol. The molecule has 4 rings (SSSR count). The minimum Gasteiger partial charge on any atom is -0.308 e. The van der Waals surface area contributed by atoms with Gasteiger partial charge in [0.1, 0.15) is 0 Å². The highest BCUT2D eigenvalue weighted by atomic mass is 79.9. The minimum absolute atomic E-state index is 0.0637. The molecule has 0 aromatic heterocycles. The Hall–Kier alpha value is -1.90. The number of hydrogen-bond donors (Lipinski definition) is 0. The Morgan fingerprint density at radius 1 is 1.09 bits per heavy atom. The van der Waals surface area contributed by atoms with Crippen molar-refractivity contribution in [3.63, 3.8) is 0 Å². The molecule has 0 N–H and O–H groups in total. The lowest BCUT2D eigenvalue weighted by atomic mass is 10.1. The summed E-state index contributed by atoms with van der Waals surface area (Å²) in [6, 6.07) is 18.8. The van der Waals surface area contributed by atoms with Crippen molar-refractivity contribution < 1.29 is 13.2 Å². The van der Waals surface area contributed by atoms with Gasteiger partial charge in [0.25, 0.3) is 0 Å². The predicted molar refractivity (Wildman–Crippen MR) is 135 cm³/mol. The standard InChI is InChI=1S/C24H21BrCl2N2O3S/c1-16-12-17-4-2-3-5-23(17)29(16)24(30)15-28(14-18-6-9-20(26)13-22(18)27)33(31,32)21-10-7-19(25)8-11-21/h2-11,13,16H,12,14-15H2,1H3/t16-/m1/s1. The van der Waals surface area contributed by atoms with Crippen LogP contribution >= 0.6 is 39.1 Å². The van der Waals surface area contributed by atoms with Crippen LogP contribution in [0.25, 0.3) is 0 Å². The maximum atomic E-state index is 13.6. The van der Waals surface area contributed by atoms with Crippen molar-refractivity contribution in [2.24, 2.45) is 0 Å². The minimum atomic E-state index is -3.99. The van der Waals surface area contributed by atoms with Gasteiger partial charge >= 0.3 is 0 Å². The molecule has 0 unspecified atom stereocenters. The van der Waals surface area contributed by atoms with E-state index in [4.69, 9.17) is 23.2 Å². The van der Waals surface area contributed by atoms with E-state index in [0.29, 0.717) is 15.6 Å². The number of hydrogen-bond acceptors (Lipinski definition) is 3. The molecule has 0 aliphatic carbocycles. The van der Waals surface area contributed by atoms with Gasteiger partial charge in [-0.25, -0.2) is 8.42 Å². The van der Waals surface area contributed by atoms with E-state index in [1.807, 2.05) is 31.2 Å². The van der Waals surface area contributed by atoms with Crippen molar-refractivity contribution in [3.8, 4) is 0 Å². The molecular formula is C24H21BrCl2N2O3S. The summed E-state index contributed by atoms with van der Waals surface area (Å²) in [6.45, 7) is 1.57. The van der Waals surface area contributed by atoms with Crippen LogP contribution in [0.5, 0.6) is 0 Å². The number of nitrogens with zero attached hydrogens (tertiary/aromatic N) is 2. The third kappa shape index (κ3) is 5.12. The Labute approximate surface area is 212 Å². The van der Waals surface area contributed by atoms with Gasteiger partial charge in [0.15, 0.2) is 0 Å². The average Bonchev–Trinajstić information content (AvgIpc) is 3.11. The van der Waals surface area contributed by atoms with Crippen LogP contribution in [0.15, 0.2) is 76.1 Å². The van der Waals surface area contributed by atoms with E-state index in [0.717, 1.165) is 22.1 Å². The molecule has 0 spiro atoms. The van der Waals surface area contributed by atoms with E-state index < -0.39 is 10.0 Å². The number of amides is 1. The molecule has 3 aromatic carbocycles. The van der Waals surface area contributed by atoms with Gasteiger partial charge < -0.3 is 4.90 Å². The number of para-hydroxylation sites is 1. The molecular weight excluding hydrogens is 547 g/mol. The number of anilines is 1. The van der Waals surface area contributed by atoms with E-state index in [1.54, 1.807) is 35.2 Å². The molecule has 1 heterocycles. The Morgan fingerprint density at radius 3 is 2.48 bits per heavy atom. The second-order valence-corrected chi connectivity index (χ2v) is 11.6. The van der Waals surface area contributed by atoms with Gasteiger partial charge in [-0.05, 0) is 66.9 Å². The van der Waals surface area contributed by atoms with Gasteiger partial charge in [0, 0.05) is 32.8 Å². The zero-order valence-electron chi connectivity index (χ0n) is 17.7. The maximum Gasteiger partial charge on any atom is 0.243 e. The topological polar surface area (TPSA) is 57.7 Å². The first kappa shape index (κ1) is 24.2. The highest BCUT2D eigenvalue weighted by Crippen LogP contribution is 2.33. The molecule has 5 nitrogen and oxygen atoms in total. The summed E-state index contributed by atoms with van der Waals surface area (Å²) >= 11 is 15.7. The molecule has 1 amide bonds. The van der Waals surface area contributed by atoms with Crippen molar-refractivity contribution in [1.82, 2.24) is 4.31 Å². The molecule has 0 saturated carbocycles. The van der Waals surface area contributed by atoms with Crippen LogP contribution in [0.1, 0.15) is 18.1 Å². The quantitative estimate of drug-likeness (QED) is 0.371.